The number of carbonyl (C=O) groups is 1. The molecule has 0 amide bonds. The van der Waals surface area contributed by atoms with E-state index in [1.165, 1.54) is 5.56 Å². The molecule has 3 heteroatoms. The van der Waals surface area contributed by atoms with E-state index >= 15 is 0 Å². The maximum atomic E-state index is 11.3. The molecule has 122 valence electrons. The molecule has 0 aromatic heterocycles. The summed E-state index contributed by atoms with van der Waals surface area (Å²) in [6.45, 7) is 7.31. The van der Waals surface area contributed by atoms with Crippen LogP contribution >= 0.6 is 0 Å². The average Bonchev–Trinajstić information content (AvgIpc) is 2.79. The average molecular weight is 303 g/mol. The predicted octanol–water partition coefficient (Wildman–Crippen LogP) is 3.87. The highest BCUT2D eigenvalue weighted by Crippen LogP contribution is 2.60. The quantitative estimate of drug-likeness (QED) is 0.868. The van der Waals surface area contributed by atoms with Crippen molar-refractivity contribution in [2.45, 2.75) is 52.9 Å². The number of hydrogen-bond acceptors (Lipinski definition) is 2. The number of benzene rings is 1. The molecule has 2 rings (SSSR count). The van der Waals surface area contributed by atoms with Gasteiger partial charge < -0.3 is 10.8 Å². The second-order valence-corrected chi connectivity index (χ2v) is 8.14. The molecule has 1 aliphatic rings. The SMILES string of the molecule is CC(C)(C)C1(Cc2ccccc2)CCC(CN)(CC(=O)O)C1. The Morgan fingerprint density at radius 1 is 1.23 bits per heavy atom. The van der Waals surface area contributed by atoms with Crippen LogP contribution in [0.15, 0.2) is 30.3 Å². The van der Waals surface area contributed by atoms with Gasteiger partial charge in [-0.15, -0.1) is 0 Å². The normalized spacial score (nSPS) is 28.7. The maximum Gasteiger partial charge on any atom is 0.303 e. The molecule has 1 aliphatic carbocycles. The van der Waals surface area contributed by atoms with Gasteiger partial charge in [-0.05, 0) is 54.0 Å². The van der Waals surface area contributed by atoms with Crippen LogP contribution in [0.2, 0.25) is 0 Å². The fraction of sp³-hybridized carbons (Fsp3) is 0.632. The summed E-state index contributed by atoms with van der Waals surface area (Å²) in [5.41, 5.74) is 7.34. The van der Waals surface area contributed by atoms with E-state index in [-0.39, 0.29) is 22.7 Å². The first-order valence-corrected chi connectivity index (χ1v) is 8.18. The lowest BCUT2D eigenvalue weighted by Crippen LogP contribution is -2.39. The van der Waals surface area contributed by atoms with Crippen molar-refractivity contribution in [3.05, 3.63) is 35.9 Å². The third kappa shape index (κ3) is 3.35. The van der Waals surface area contributed by atoms with Crippen LogP contribution in [0.4, 0.5) is 0 Å². The van der Waals surface area contributed by atoms with Crippen LogP contribution in [-0.2, 0) is 11.2 Å². The number of nitrogens with two attached hydrogens (primary N) is 1. The van der Waals surface area contributed by atoms with Gasteiger partial charge in [0.05, 0.1) is 6.42 Å². The Morgan fingerprint density at radius 2 is 1.86 bits per heavy atom. The third-order valence-electron chi connectivity index (χ3n) is 5.78. The summed E-state index contributed by atoms with van der Waals surface area (Å²) in [4.78, 5) is 11.3. The lowest BCUT2D eigenvalue weighted by Gasteiger charge is -2.44. The molecule has 0 radical (unpaired) electrons. The van der Waals surface area contributed by atoms with Crippen LogP contribution in [-0.4, -0.2) is 17.6 Å². The van der Waals surface area contributed by atoms with E-state index < -0.39 is 5.97 Å². The van der Waals surface area contributed by atoms with Crippen molar-refractivity contribution in [3.63, 3.8) is 0 Å². The van der Waals surface area contributed by atoms with Crippen molar-refractivity contribution in [1.29, 1.82) is 0 Å². The number of hydrogen-bond donors (Lipinski definition) is 2. The monoisotopic (exact) mass is 303 g/mol. The standard InChI is InChI=1S/C19H29NO2/c1-17(2,3)19(11-15-7-5-4-6-8-15)10-9-18(13-19,14-20)12-16(21)22/h4-8H,9-14,20H2,1-3H3,(H,21,22). The third-order valence-corrected chi connectivity index (χ3v) is 5.78. The van der Waals surface area contributed by atoms with Crippen molar-refractivity contribution in [3.8, 4) is 0 Å². The van der Waals surface area contributed by atoms with E-state index in [0.29, 0.717) is 6.54 Å². The molecule has 2 unspecified atom stereocenters. The summed E-state index contributed by atoms with van der Waals surface area (Å²) in [6, 6.07) is 10.5. The van der Waals surface area contributed by atoms with E-state index in [1.807, 2.05) is 6.07 Å². The first kappa shape index (κ1) is 17.0. The molecule has 22 heavy (non-hydrogen) atoms. The molecule has 0 bridgehead atoms. The van der Waals surface area contributed by atoms with Gasteiger partial charge in [0.25, 0.3) is 0 Å². The van der Waals surface area contributed by atoms with Crippen molar-refractivity contribution in [2.24, 2.45) is 22.0 Å². The van der Waals surface area contributed by atoms with Crippen molar-refractivity contribution in [2.75, 3.05) is 6.54 Å². The van der Waals surface area contributed by atoms with Crippen LogP contribution < -0.4 is 5.73 Å². The Hall–Kier alpha value is -1.35. The molecule has 1 fully saturated rings. The molecule has 0 heterocycles. The second kappa shape index (κ2) is 6.04. The van der Waals surface area contributed by atoms with E-state index in [9.17, 15) is 9.90 Å². The lowest BCUT2D eigenvalue weighted by molar-refractivity contribution is -0.139. The summed E-state index contributed by atoms with van der Waals surface area (Å²) >= 11 is 0. The van der Waals surface area contributed by atoms with E-state index in [1.54, 1.807) is 0 Å². The van der Waals surface area contributed by atoms with E-state index in [0.717, 1.165) is 25.7 Å². The molecule has 0 saturated heterocycles. The van der Waals surface area contributed by atoms with Crippen LogP contribution in [0.25, 0.3) is 0 Å². The molecular weight excluding hydrogens is 274 g/mol. The zero-order valence-electron chi connectivity index (χ0n) is 14.1. The first-order chi connectivity index (χ1) is 10.2. The second-order valence-electron chi connectivity index (χ2n) is 8.14. The van der Waals surface area contributed by atoms with Crippen LogP contribution in [0.1, 0.15) is 52.0 Å². The number of carboxylic acids is 1. The summed E-state index contributed by atoms with van der Waals surface area (Å²) in [5, 5.41) is 9.28. The zero-order chi connectivity index (χ0) is 16.4. The van der Waals surface area contributed by atoms with Gasteiger partial charge in [-0.25, -0.2) is 0 Å². The van der Waals surface area contributed by atoms with Crippen molar-refractivity contribution in [1.82, 2.24) is 0 Å². The molecule has 1 aromatic rings. The predicted molar refractivity (Wildman–Crippen MR) is 89.6 cm³/mol. The van der Waals surface area contributed by atoms with Gasteiger partial charge in [-0.3, -0.25) is 4.79 Å². The molecule has 0 spiro atoms. The Bertz CT molecular complexity index is 520. The van der Waals surface area contributed by atoms with Gasteiger partial charge in [0.1, 0.15) is 0 Å². The fourth-order valence-electron chi connectivity index (χ4n) is 4.16. The minimum Gasteiger partial charge on any atom is -0.481 e. The highest BCUT2D eigenvalue weighted by molar-refractivity contribution is 5.67. The summed E-state index contributed by atoms with van der Waals surface area (Å²) < 4.78 is 0. The van der Waals surface area contributed by atoms with Gasteiger partial charge in [0.15, 0.2) is 0 Å². The van der Waals surface area contributed by atoms with Gasteiger partial charge in [-0.1, -0.05) is 51.1 Å². The Morgan fingerprint density at radius 3 is 2.36 bits per heavy atom. The van der Waals surface area contributed by atoms with Gasteiger partial charge in [0.2, 0.25) is 0 Å². The molecule has 1 aromatic carbocycles. The zero-order valence-corrected chi connectivity index (χ0v) is 14.1. The molecular formula is C19H29NO2. The van der Waals surface area contributed by atoms with Crippen LogP contribution in [0.5, 0.6) is 0 Å². The fourth-order valence-corrected chi connectivity index (χ4v) is 4.16. The van der Waals surface area contributed by atoms with Crippen LogP contribution in [0, 0.1) is 16.2 Å². The maximum absolute atomic E-state index is 11.3. The molecule has 3 N–H and O–H groups in total. The lowest BCUT2D eigenvalue weighted by atomic mass is 9.61. The smallest absolute Gasteiger partial charge is 0.303 e. The largest absolute Gasteiger partial charge is 0.481 e. The Kier molecular flexibility index (Phi) is 4.67. The van der Waals surface area contributed by atoms with Gasteiger partial charge in [0, 0.05) is 0 Å². The molecule has 0 aliphatic heterocycles. The first-order valence-electron chi connectivity index (χ1n) is 8.18. The van der Waals surface area contributed by atoms with Gasteiger partial charge >= 0.3 is 5.97 Å². The Balaban J connectivity index is 2.31. The summed E-state index contributed by atoms with van der Waals surface area (Å²) in [6.07, 6.45) is 4.06. The van der Waals surface area contributed by atoms with E-state index in [4.69, 9.17) is 5.73 Å². The Labute approximate surface area is 133 Å². The number of aliphatic carboxylic acids is 1. The minimum absolute atomic E-state index is 0.114. The molecule has 3 nitrogen and oxygen atoms in total. The number of rotatable bonds is 5. The molecule has 2 atom stereocenters. The highest BCUT2D eigenvalue weighted by atomic mass is 16.4. The molecule has 1 saturated carbocycles. The van der Waals surface area contributed by atoms with Crippen LogP contribution in [0.3, 0.4) is 0 Å². The van der Waals surface area contributed by atoms with Gasteiger partial charge in [-0.2, -0.15) is 0 Å². The highest BCUT2D eigenvalue weighted by Gasteiger charge is 2.53. The number of carboxylic acid groups (broad SMARTS) is 1. The topological polar surface area (TPSA) is 63.3 Å². The van der Waals surface area contributed by atoms with Crippen molar-refractivity contribution >= 4 is 5.97 Å². The van der Waals surface area contributed by atoms with E-state index in [2.05, 4.69) is 45.0 Å². The minimum atomic E-state index is -0.727. The summed E-state index contributed by atoms with van der Waals surface area (Å²) in [5.74, 6) is -0.727. The van der Waals surface area contributed by atoms with Crippen molar-refractivity contribution < 1.29 is 9.90 Å². The summed E-state index contributed by atoms with van der Waals surface area (Å²) in [7, 11) is 0.